The Balaban J connectivity index is 1.89. The summed E-state index contributed by atoms with van der Waals surface area (Å²) < 4.78 is 0. The van der Waals surface area contributed by atoms with Crippen LogP contribution in [0.15, 0.2) is 18.3 Å². The summed E-state index contributed by atoms with van der Waals surface area (Å²) in [6, 6.07) is 4.51. The highest BCUT2D eigenvalue weighted by Crippen LogP contribution is 2.17. The zero-order valence-electron chi connectivity index (χ0n) is 11.1. The van der Waals surface area contributed by atoms with Gasteiger partial charge in [-0.3, -0.25) is 9.88 Å². The lowest BCUT2D eigenvalue weighted by Gasteiger charge is -2.35. The molecule has 1 unspecified atom stereocenters. The number of anilines is 1. The fourth-order valence-electron chi connectivity index (χ4n) is 2.62. The molecule has 0 saturated carbocycles. The van der Waals surface area contributed by atoms with Crippen LogP contribution in [0.25, 0.3) is 0 Å². The van der Waals surface area contributed by atoms with E-state index < -0.39 is 0 Å². The Kier molecular flexibility index (Phi) is 4.96. The van der Waals surface area contributed by atoms with E-state index in [1.165, 1.54) is 25.8 Å². The molecule has 18 heavy (non-hydrogen) atoms. The number of nitrogens with zero attached hydrogens (tertiary/aromatic N) is 2. The molecule has 1 atom stereocenters. The number of aromatic nitrogens is 1. The van der Waals surface area contributed by atoms with E-state index in [0.29, 0.717) is 6.04 Å². The fourth-order valence-corrected chi connectivity index (χ4v) is 2.62. The molecule has 100 valence electrons. The van der Waals surface area contributed by atoms with Crippen LogP contribution in [0.4, 0.5) is 5.69 Å². The predicted octanol–water partition coefficient (Wildman–Crippen LogP) is 1.86. The average Bonchev–Trinajstić information content (AvgIpc) is 2.45. The Labute approximate surface area is 109 Å². The zero-order valence-corrected chi connectivity index (χ0v) is 11.1. The minimum absolute atomic E-state index is 0.0000333. The van der Waals surface area contributed by atoms with E-state index in [-0.39, 0.29) is 6.61 Å². The molecule has 2 rings (SSSR count). The summed E-state index contributed by atoms with van der Waals surface area (Å²) in [7, 11) is 0. The first kappa shape index (κ1) is 13.3. The van der Waals surface area contributed by atoms with Crippen LogP contribution in [0.1, 0.15) is 31.9 Å². The summed E-state index contributed by atoms with van der Waals surface area (Å²) in [5, 5.41) is 12.5. The van der Waals surface area contributed by atoms with Gasteiger partial charge in [0.2, 0.25) is 0 Å². The molecule has 1 saturated heterocycles. The standard InChI is InChI=1S/C14H23N3O/c1-2-17-8-4-3-5-14(17)10-16-12-6-7-15-13(9-12)11-18/h6-7,9,14,18H,2-5,8,10-11H2,1H3,(H,15,16). The maximum Gasteiger partial charge on any atom is 0.0853 e. The van der Waals surface area contributed by atoms with E-state index in [2.05, 4.69) is 22.1 Å². The van der Waals surface area contributed by atoms with Gasteiger partial charge < -0.3 is 10.4 Å². The average molecular weight is 249 g/mol. The van der Waals surface area contributed by atoms with Crippen LogP contribution in [0.5, 0.6) is 0 Å². The van der Waals surface area contributed by atoms with E-state index in [9.17, 15) is 0 Å². The molecular formula is C14H23N3O. The van der Waals surface area contributed by atoms with Crippen LogP contribution < -0.4 is 5.32 Å². The van der Waals surface area contributed by atoms with E-state index in [4.69, 9.17) is 5.11 Å². The van der Waals surface area contributed by atoms with Crippen molar-refractivity contribution in [2.45, 2.75) is 38.8 Å². The topological polar surface area (TPSA) is 48.4 Å². The largest absolute Gasteiger partial charge is 0.390 e. The smallest absolute Gasteiger partial charge is 0.0853 e. The second-order valence-corrected chi connectivity index (χ2v) is 4.85. The Morgan fingerprint density at radius 1 is 1.50 bits per heavy atom. The predicted molar refractivity (Wildman–Crippen MR) is 73.5 cm³/mol. The lowest BCUT2D eigenvalue weighted by Crippen LogP contribution is -2.43. The Morgan fingerprint density at radius 2 is 2.39 bits per heavy atom. The fraction of sp³-hybridized carbons (Fsp3) is 0.643. The molecular weight excluding hydrogens is 226 g/mol. The van der Waals surface area contributed by atoms with E-state index >= 15 is 0 Å². The number of nitrogens with one attached hydrogen (secondary N) is 1. The number of rotatable bonds is 5. The van der Waals surface area contributed by atoms with Gasteiger partial charge >= 0.3 is 0 Å². The first-order valence-corrected chi connectivity index (χ1v) is 6.87. The molecule has 0 bridgehead atoms. The third kappa shape index (κ3) is 3.43. The molecule has 1 aliphatic heterocycles. The lowest BCUT2D eigenvalue weighted by molar-refractivity contribution is 0.164. The quantitative estimate of drug-likeness (QED) is 0.836. The molecule has 0 aromatic carbocycles. The van der Waals surface area contributed by atoms with Gasteiger partial charge in [0.05, 0.1) is 12.3 Å². The van der Waals surface area contributed by atoms with Crippen molar-refractivity contribution in [2.24, 2.45) is 0 Å². The summed E-state index contributed by atoms with van der Waals surface area (Å²) in [4.78, 5) is 6.63. The molecule has 0 aliphatic carbocycles. The minimum Gasteiger partial charge on any atom is -0.390 e. The number of piperidine rings is 1. The Bertz CT molecular complexity index is 370. The van der Waals surface area contributed by atoms with Crippen LogP contribution >= 0.6 is 0 Å². The van der Waals surface area contributed by atoms with E-state index in [1.54, 1.807) is 6.20 Å². The van der Waals surface area contributed by atoms with Gasteiger partial charge in [0, 0.05) is 24.5 Å². The SMILES string of the molecule is CCN1CCCCC1CNc1ccnc(CO)c1. The summed E-state index contributed by atoms with van der Waals surface area (Å²) >= 11 is 0. The first-order valence-electron chi connectivity index (χ1n) is 6.87. The second kappa shape index (κ2) is 6.71. The van der Waals surface area contributed by atoms with Crippen molar-refractivity contribution >= 4 is 5.69 Å². The molecule has 1 aromatic heterocycles. The molecule has 4 heteroatoms. The molecule has 0 radical (unpaired) electrons. The van der Waals surface area contributed by atoms with E-state index in [0.717, 1.165) is 24.5 Å². The maximum atomic E-state index is 9.06. The van der Waals surface area contributed by atoms with Crippen LogP contribution in [0.2, 0.25) is 0 Å². The molecule has 2 N–H and O–H groups in total. The van der Waals surface area contributed by atoms with Gasteiger partial charge in [-0.2, -0.15) is 0 Å². The molecule has 0 amide bonds. The van der Waals surface area contributed by atoms with Gasteiger partial charge in [-0.1, -0.05) is 13.3 Å². The Hall–Kier alpha value is -1.13. The Morgan fingerprint density at radius 3 is 3.17 bits per heavy atom. The number of aliphatic hydroxyl groups is 1. The highest BCUT2D eigenvalue weighted by atomic mass is 16.3. The monoisotopic (exact) mass is 249 g/mol. The molecule has 4 nitrogen and oxygen atoms in total. The van der Waals surface area contributed by atoms with Crippen molar-refractivity contribution in [3.8, 4) is 0 Å². The number of likely N-dealkylation sites (N-methyl/N-ethyl adjacent to an activating group) is 1. The number of aliphatic hydroxyl groups excluding tert-OH is 1. The zero-order chi connectivity index (χ0) is 12.8. The molecule has 0 spiro atoms. The van der Waals surface area contributed by atoms with Crippen LogP contribution in [0.3, 0.4) is 0 Å². The van der Waals surface area contributed by atoms with E-state index in [1.807, 2.05) is 12.1 Å². The van der Waals surface area contributed by atoms with Crippen molar-refractivity contribution in [3.63, 3.8) is 0 Å². The molecule has 1 fully saturated rings. The summed E-state index contributed by atoms with van der Waals surface area (Å²) in [6.45, 7) is 5.56. The van der Waals surface area contributed by atoms with Crippen LogP contribution in [-0.4, -0.2) is 40.7 Å². The normalized spacial score (nSPS) is 20.9. The molecule has 1 aliphatic rings. The third-order valence-electron chi connectivity index (χ3n) is 3.68. The van der Waals surface area contributed by atoms with Gasteiger partial charge in [0.15, 0.2) is 0 Å². The second-order valence-electron chi connectivity index (χ2n) is 4.85. The molecule has 2 heterocycles. The summed E-state index contributed by atoms with van der Waals surface area (Å²) in [6.07, 6.45) is 5.68. The maximum absolute atomic E-state index is 9.06. The lowest BCUT2D eigenvalue weighted by atomic mass is 10.0. The van der Waals surface area contributed by atoms with Gasteiger partial charge in [-0.25, -0.2) is 0 Å². The van der Waals surface area contributed by atoms with Crippen molar-refractivity contribution in [1.29, 1.82) is 0 Å². The summed E-state index contributed by atoms with van der Waals surface area (Å²) in [5.41, 5.74) is 1.77. The van der Waals surface area contributed by atoms with Gasteiger partial charge in [-0.15, -0.1) is 0 Å². The van der Waals surface area contributed by atoms with Gasteiger partial charge in [0.1, 0.15) is 0 Å². The molecule has 1 aromatic rings. The van der Waals surface area contributed by atoms with Gasteiger partial charge in [-0.05, 0) is 38.1 Å². The van der Waals surface area contributed by atoms with Crippen molar-refractivity contribution in [2.75, 3.05) is 25.0 Å². The number of likely N-dealkylation sites (tertiary alicyclic amines) is 1. The summed E-state index contributed by atoms with van der Waals surface area (Å²) in [5.74, 6) is 0. The minimum atomic E-state index is 0.0000333. The van der Waals surface area contributed by atoms with Gasteiger partial charge in [0.25, 0.3) is 0 Å². The highest BCUT2D eigenvalue weighted by Gasteiger charge is 2.20. The van der Waals surface area contributed by atoms with Crippen molar-refractivity contribution < 1.29 is 5.11 Å². The number of hydrogen-bond donors (Lipinski definition) is 2. The number of pyridine rings is 1. The van der Waals surface area contributed by atoms with Crippen molar-refractivity contribution in [1.82, 2.24) is 9.88 Å². The third-order valence-corrected chi connectivity index (χ3v) is 3.68. The van der Waals surface area contributed by atoms with Crippen LogP contribution in [0, 0.1) is 0 Å². The van der Waals surface area contributed by atoms with Crippen LogP contribution in [-0.2, 0) is 6.61 Å². The number of hydrogen-bond acceptors (Lipinski definition) is 4. The highest BCUT2D eigenvalue weighted by molar-refractivity contribution is 5.43. The first-order chi connectivity index (χ1) is 8.83. The van der Waals surface area contributed by atoms with Crippen molar-refractivity contribution in [3.05, 3.63) is 24.0 Å².